The fourth-order valence-corrected chi connectivity index (χ4v) is 2.43. The van der Waals surface area contributed by atoms with E-state index >= 15 is 0 Å². The molecule has 1 aliphatic rings. The summed E-state index contributed by atoms with van der Waals surface area (Å²) in [5.41, 5.74) is 7.01. The van der Waals surface area contributed by atoms with Crippen molar-refractivity contribution in [3.8, 4) is 0 Å². The van der Waals surface area contributed by atoms with E-state index in [0.717, 1.165) is 0 Å². The van der Waals surface area contributed by atoms with Crippen molar-refractivity contribution in [1.29, 1.82) is 0 Å². The number of aromatic amines is 1. The lowest BCUT2D eigenvalue weighted by Crippen LogP contribution is -1.99. The molecule has 0 aliphatic heterocycles. The summed E-state index contributed by atoms with van der Waals surface area (Å²) in [4.78, 5) is 3.53. The van der Waals surface area contributed by atoms with Crippen molar-refractivity contribution in [2.75, 3.05) is 0 Å². The van der Waals surface area contributed by atoms with Gasteiger partial charge in [-0.2, -0.15) is 0 Å². The van der Waals surface area contributed by atoms with Gasteiger partial charge in [-0.05, 0) is 56.4 Å². The molecule has 82 valence electrons. The van der Waals surface area contributed by atoms with Crippen LogP contribution < -0.4 is 0 Å². The summed E-state index contributed by atoms with van der Waals surface area (Å²) in [5, 5.41) is 1.36. The van der Waals surface area contributed by atoms with Gasteiger partial charge in [0.05, 0.1) is 0 Å². The monoisotopic (exact) mass is 211 g/mol. The molecular weight excluding hydrogens is 194 g/mol. The average molecular weight is 211 g/mol. The lowest BCUT2D eigenvalue weighted by atomic mass is 9.87. The Labute approximate surface area is 96.2 Å². The smallest absolute Gasteiger partial charge is 0.0461 e. The molecule has 1 fully saturated rings. The van der Waals surface area contributed by atoms with Crippen LogP contribution in [-0.2, 0) is 0 Å². The van der Waals surface area contributed by atoms with Crippen LogP contribution in [0.5, 0.6) is 0 Å². The first-order valence-electron chi connectivity index (χ1n) is 6.03. The summed E-state index contributed by atoms with van der Waals surface area (Å²) in [6.07, 6.45) is 3.95. The van der Waals surface area contributed by atoms with Crippen LogP contribution in [0.3, 0.4) is 0 Å². The molecule has 1 aromatic carbocycles. The number of nitrogens with one attached hydrogen (secondary N) is 1. The predicted molar refractivity (Wildman–Crippen MR) is 69.5 cm³/mol. The quantitative estimate of drug-likeness (QED) is 0.718. The molecule has 3 rings (SSSR count). The van der Waals surface area contributed by atoms with E-state index < -0.39 is 0 Å². The molecule has 0 atom stereocenters. The van der Waals surface area contributed by atoms with E-state index in [4.69, 9.17) is 0 Å². The van der Waals surface area contributed by atoms with Gasteiger partial charge >= 0.3 is 0 Å². The molecule has 0 radical (unpaired) electrons. The van der Waals surface area contributed by atoms with Crippen molar-refractivity contribution < 1.29 is 0 Å². The van der Waals surface area contributed by atoms with Gasteiger partial charge in [0, 0.05) is 16.6 Å². The van der Waals surface area contributed by atoms with Crippen LogP contribution in [0.15, 0.2) is 29.8 Å². The minimum atomic E-state index is 1.26. The number of rotatable bonds is 1. The first-order valence-corrected chi connectivity index (χ1v) is 6.03. The van der Waals surface area contributed by atoms with Crippen LogP contribution >= 0.6 is 0 Å². The number of hydrogen-bond donors (Lipinski definition) is 1. The van der Waals surface area contributed by atoms with Gasteiger partial charge in [-0.3, -0.25) is 0 Å². The molecule has 2 aromatic rings. The Hall–Kier alpha value is -1.50. The van der Waals surface area contributed by atoms with E-state index in [1.54, 1.807) is 5.57 Å². The Bertz CT molecular complexity index is 566. The number of allylic oxidation sites excluding steroid dienone is 2. The first kappa shape index (κ1) is 9.71. The van der Waals surface area contributed by atoms with Crippen molar-refractivity contribution in [3.63, 3.8) is 0 Å². The third-order valence-corrected chi connectivity index (χ3v) is 3.77. The molecule has 0 amide bonds. The lowest BCUT2D eigenvalue weighted by Gasteiger charge is -2.19. The fraction of sp³-hybridized carbons (Fsp3) is 0.333. The number of H-pyrrole nitrogens is 1. The zero-order valence-corrected chi connectivity index (χ0v) is 9.93. The van der Waals surface area contributed by atoms with Gasteiger partial charge in [-0.1, -0.05) is 17.7 Å². The van der Waals surface area contributed by atoms with E-state index in [1.165, 1.54) is 47.0 Å². The minimum absolute atomic E-state index is 1.26. The fourth-order valence-electron chi connectivity index (χ4n) is 2.43. The molecule has 1 saturated carbocycles. The third-order valence-electron chi connectivity index (χ3n) is 3.77. The molecule has 1 heteroatoms. The Balaban J connectivity index is 2.15. The molecule has 1 aliphatic carbocycles. The summed E-state index contributed by atoms with van der Waals surface area (Å²) in [7, 11) is 0. The van der Waals surface area contributed by atoms with Crippen molar-refractivity contribution in [3.05, 3.63) is 41.1 Å². The van der Waals surface area contributed by atoms with E-state index in [1.807, 2.05) is 0 Å². The normalized spacial score (nSPS) is 15.2. The standard InChI is InChI=1S/C15H17N/c1-10-5-3-8-14-13(10)9-15(16-14)11(2)12-6-4-7-12/h3,5,8-9,16H,4,6-7H2,1-2H3. The van der Waals surface area contributed by atoms with Crippen molar-refractivity contribution in [2.24, 2.45) is 0 Å². The molecule has 1 heterocycles. The minimum Gasteiger partial charge on any atom is -0.355 e. The van der Waals surface area contributed by atoms with Crippen LogP contribution in [0, 0.1) is 6.92 Å². The van der Waals surface area contributed by atoms with Gasteiger partial charge in [0.1, 0.15) is 0 Å². The molecule has 16 heavy (non-hydrogen) atoms. The van der Waals surface area contributed by atoms with E-state index in [0.29, 0.717) is 0 Å². The molecule has 0 bridgehead atoms. The summed E-state index contributed by atoms with van der Waals surface area (Å²) in [6, 6.07) is 8.74. The molecular formula is C15H17N. The van der Waals surface area contributed by atoms with Crippen molar-refractivity contribution in [2.45, 2.75) is 33.1 Å². The number of hydrogen-bond acceptors (Lipinski definition) is 0. The highest BCUT2D eigenvalue weighted by atomic mass is 14.7. The van der Waals surface area contributed by atoms with Gasteiger partial charge in [-0.15, -0.1) is 0 Å². The second kappa shape index (κ2) is 3.51. The predicted octanol–water partition coefficient (Wildman–Crippen LogP) is 4.43. The Morgan fingerprint density at radius 2 is 2.06 bits per heavy atom. The van der Waals surface area contributed by atoms with Crippen molar-refractivity contribution in [1.82, 2.24) is 4.98 Å². The van der Waals surface area contributed by atoms with Crippen LogP contribution in [0.2, 0.25) is 0 Å². The maximum absolute atomic E-state index is 3.53. The Kier molecular flexibility index (Phi) is 2.13. The van der Waals surface area contributed by atoms with E-state index in [2.05, 4.69) is 43.1 Å². The number of aryl methyl sites for hydroxylation is 1. The summed E-state index contributed by atoms with van der Waals surface area (Å²) < 4.78 is 0. The summed E-state index contributed by atoms with van der Waals surface area (Å²) in [6.45, 7) is 4.42. The highest BCUT2D eigenvalue weighted by molar-refractivity contribution is 5.87. The molecule has 0 spiro atoms. The van der Waals surface area contributed by atoms with Gasteiger partial charge in [-0.25, -0.2) is 0 Å². The maximum atomic E-state index is 3.53. The zero-order chi connectivity index (χ0) is 11.1. The second-order valence-corrected chi connectivity index (χ2v) is 4.80. The molecule has 1 aromatic heterocycles. The van der Waals surface area contributed by atoms with Crippen molar-refractivity contribution >= 4 is 16.5 Å². The van der Waals surface area contributed by atoms with Crippen LogP contribution in [-0.4, -0.2) is 4.98 Å². The largest absolute Gasteiger partial charge is 0.355 e. The highest BCUT2D eigenvalue weighted by Gasteiger charge is 2.14. The van der Waals surface area contributed by atoms with Gasteiger partial charge in [0.15, 0.2) is 0 Å². The Morgan fingerprint density at radius 3 is 2.69 bits per heavy atom. The molecule has 0 saturated heterocycles. The first-order chi connectivity index (χ1) is 7.75. The highest BCUT2D eigenvalue weighted by Crippen LogP contribution is 2.34. The summed E-state index contributed by atoms with van der Waals surface area (Å²) >= 11 is 0. The number of benzene rings is 1. The van der Waals surface area contributed by atoms with Crippen LogP contribution in [0.4, 0.5) is 0 Å². The maximum Gasteiger partial charge on any atom is 0.0461 e. The number of fused-ring (bicyclic) bond motifs is 1. The molecule has 0 unspecified atom stereocenters. The van der Waals surface area contributed by atoms with E-state index in [-0.39, 0.29) is 0 Å². The lowest BCUT2D eigenvalue weighted by molar-refractivity contribution is 0.665. The molecule has 1 N–H and O–H groups in total. The third kappa shape index (κ3) is 1.39. The van der Waals surface area contributed by atoms with Crippen LogP contribution in [0.25, 0.3) is 16.5 Å². The van der Waals surface area contributed by atoms with E-state index in [9.17, 15) is 0 Å². The van der Waals surface area contributed by atoms with Gasteiger partial charge in [0.2, 0.25) is 0 Å². The second-order valence-electron chi connectivity index (χ2n) is 4.80. The SMILES string of the molecule is CC(=C1CCC1)c1cc2c(C)cccc2[nH]1. The summed E-state index contributed by atoms with van der Waals surface area (Å²) in [5.74, 6) is 0. The van der Waals surface area contributed by atoms with Gasteiger partial charge < -0.3 is 4.98 Å². The van der Waals surface area contributed by atoms with Gasteiger partial charge in [0.25, 0.3) is 0 Å². The Morgan fingerprint density at radius 1 is 1.25 bits per heavy atom. The zero-order valence-electron chi connectivity index (χ0n) is 9.93. The molecule has 1 nitrogen and oxygen atoms in total. The number of aromatic nitrogens is 1. The topological polar surface area (TPSA) is 15.8 Å². The average Bonchev–Trinajstić information content (AvgIpc) is 2.60. The van der Waals surface area contributed by atoms with Crippen LogP contribution in [0.1, 0.15) is 37.4 Å².